The SMILES string of the molecule is CS(=O)(=O)NC(CCO)C(O)CN1CCN(CC(=O)[O-])CCN(CC(=O)[O-])CCN(CC(=O)[O-])CC1.[Gd]. The number of hydrogen-bond donors (Lipinski definition) is 3. The number of carboxylic acid groups (broad SMARTS) is 3. The Labute approximate surface area is 249 Å². The van der Waals surface area contributed by atoms with Crippen molar-refractivity contribution in [2.45, 2.75) is 18.6 Å². The molecule has 218 valence electrons. The van der Waals surface area contributed by atoms with Crippen molar-refractivity contribution in [1.82, 2.24) is 24.3 Å². The number of rotatable bonds is 13. The van der Waals surface area contributed by atoms with E-state index in [9.17, 15) is 48.3 Å². The molecule has 37 heavy (non-hydrogen) atoms. The first-order chi connectivity index (χ1) is 16.8. The Hall–Kier alpha value is -0.595. The number of nitrogens with zero attached hydrogens (tertiary/aromatic N) is 4. The van der Waals surface area contributed by atoms with Crippen LogP contribution in [0.15, 0.2) is 0 Å². The van der Waals surface area contributed by atoms with Crippen LogP contribution >= 0.6 is 0 Å². The monoisotopic (exact) mass is 696 g/mol. The smallest absolute Gasteiger partial charge is 0.209 e. The number of carbonyl (C=O) groups is 3. The number of β-amino-alcohol motifs (C(OH)–C–C–N with tert-alkyl or cyclic N) is 1. The molecule has 1 rings (SSSR count). The second kappa shape index (κ2) is 18.6. The van der Waals surface area contributed by atoms with Crippen molar-refractivity contribution in [3.63, 3.8) is 0 Å². The number of carbonyl (C=O) groups excluding carboxylic acids is 3. The number of aliphatic hydroxyl groups excluding tert-OH is 2. The molecule has 17 heteroatoms. The maximum Gasteiger partial charge on any atom is 0.209 e. The molecule has 1 fully saturated rings. The van der Waals surface area contributed by atoms with Gasteiger partial charge >= 0.3 is 0 Å². The third-order valence-corrected chi connectivity index (χ3v) is 6.43. The van der Waals surface area contributed by atoms with Gasteiger partial charge in [0.05, 0.1) is 36.3 Å². The summed E-state index contributed by atoms with van der Waals surface area (Å²) < 4.78 is 25.6. The van der Waals surface area contributed by atoms with Gasteiger partial charge in [-0.1, -0.05) is 0 Å². The van der Waals surface area contributed by atoms with Crippen LogP contribution in [0.3, 0.4) is 0 Å². The van der Waals surface area contributed by atoms with Crippen molar-refractivity contribution in [3.05, 3.63) is 0 Å². The van der Waals surface area contributed by atoms with E-state index in [0.29, 0.717) is 0 Å². The number of sulfonamides is 1. The standard InChI is InChI=1S/C20H39N5O10S.Gd/c1-36(34,35)21-16(2-11-26)17(27)12-22-3-5-23(13-18(28)29)7-9-25(15-20(32)33)10-8-24(6-4-22)14-19(30)31;/h16-17,21,26-27H,2-15H2,1H3,(H,28,29)(H,30,31)(H,32,33);/p-3. The molecule has 2 unspecified atom stereocenters. The quantitative estimate of drug-likeness (QED) is 0.163. The van der Waals surface area contributed by atoms with Gasteiger partial charge in [0, 0.05) is 125 Å². The summed E-state index contributed by atoms with van der Waals surface area (Å²) in [4.78, 5) is 39.9. The predicted octanol–water partition coefficient (Wildman–Crippen LogP) is -7.88. The maximum atomic E-state index is 11.7. The summed E-state index contributed by atoms with van der Waals surface area (Å²) in [5.41, 5.74) is 0. The molecule has 1 saturated heterocycles. The Balaban J connectivity index is 0.0000130. The van der Waals surface area contributed by atoms with Crippen LogP contribution in [0.2, 0.25) is 0 Å². The molecule has 0 aromatic heterocycles. The molecular formula is C20H36GdN5O10S-3. The van der Waals surface area contributed by atoms with Crippen LogP contribution < -0.4 is 20.0 Å². The summed E-state index contributed by atoms with van der Waals surface area (Å²) in [7, 11) is -3.67. The van der Waals surface area contributed by atoms with Crippen molar-refractivity contribution in [1.29, 1.82) is 0 Å². The van der Waals surface area contributed by atoms with Crippen molar-refractivity contribution in [2.24, 2.45) is 0 Å². The Bertz CT molecular complexity index is 789. The van der Waals surface area contributed by atoms with E-state index < -0.39 is 59.7 Å². The number of aliphatic hydroxyl groups is 2. The van der Waals surface area contributed by atoms with Gasteiger partial charge in [-0.25, -0.2) is 13.1 Å². The Morgan fingerprint density at radius 3 is 1.38 bits per heavy atom. The largest absolute Gasteiger partial charge is 0.549 e. The zero-order valence-electron chi connectivity index (χ0n) is 20.8. The van der Waals surface area contributed by atoms with Crippen LogP contribution in [0, 0.1) is 39.9 Å². The van der Waals surface area contributed by atoms with Crippen molar-refractivity contribution in [2.75, 3.05) is 91.4 Å². The van der Waals surface area contributed by atoms with Gasteiger partial charge in [-0.2, -0.15) is 0 Å². The summed E-state index contributed by atoms with van der Waals surface area (Å²) in [5.74, 6) is -3.96. The summed E-state index contributed by atoms with van der Waals surface area (Å²) in [5, 5.41) is 53.5. The molecule has 1 heterocycles. The van der Waals surface area contributed by atoms with E-state index in [1.807, 2.05) is 0 Å². The number of nitrogens with one attached hydrogen (secondary N) is 1. The van der Waals surface area contributed by atoms with Crippen molar-refractivity contribution >= 4 is 27.9 Å². The summed E-state index contributed by atoms with van der Waals surface area (Å²) in [6, 6.07) is -0.969. The first-order valence-electron chi connectivity index (χ1n) is 11.5. The van der Waals surface area contributed by atoms with E-state index in [1.165, 1.54) is 4.90 Å². The fraction of sp³-hybridized carbons (Fsp3) is 0.850. The average molecular weight is 696 g/mol. The van der Waals surface area contributed by atoms with Crippen LogP contribution in [-0.2, 0) is 24.4 Å². The molecular weight excluding hydrogens is 660 g/mol. The van der Waals surface area contributed by atoms with Gasteiger partial charge < -0.3 is 39.9 Å². The molecule has 0 saturated carbocycles. The molecule has 15 nitrogen and oxygen atoms in total. The molecule has 0 amide bonds. The molecule has 0 bridgehead atoms. The van der Waals surface area contributed by atoms with Crippen molar-refractivity contribution < 1.29 is 88.3 Å². The zero-order valence-corrected chi connectivity index (χ0v) is 23.9. The fourth-order valence-electron chi connectivity index (χ4n) is 3.92. The van der Waals surface area contributed by atoms with Gasteiger partial charge in [-0.05, 0) is 6.42 Å². The molecule has 1 aliphatic rings. The normalized spacial score (nSPS) is 19.6. The molecule has 3 N–H and O–H groups in total. The van der Waals surface area contributed by atoms with E-state index >= 15 is 0 Å². The number of aliphatic carboxylic acids is 3. The van der Waals surface area contributed by atoms with Gasteiger partial charge in [-0.3, -0.25) is 19.6 Å². The zero-order chi connectivity index (χ0) is 27.3. The maximum absolute atomic E-state index is 11.7. The Morgan fingerprint density at radius 2 is 1.11 bits per heavy atom. The topological polar surface area (TPSA) is 220 Å². The second-order valence-corrected chi connectivity index (χ2v) is 10.6. The fourth-order valence-corrected chi connectivity index (χ4v) is 4.74. The van der Waals surface area contributed by atoms with Crippen LogP contribution in [0.25, 0.3) is 0 Å². The van der Waals surface area contributed by atoms with E-state index in [0.717, 1.165) is 6.26 Å². The molecule has 0 radical (unpaired) electrons. The molecule has 2 atom stereocenters. The van der Waals surface area contributed by atoms with Crippen molar-refractivity contribution in [3.8, 4) is 0 Å². The minimum atomic E-state index is -3.67. The number of carboxylic acids is 3. The van der Waals surface area contributed by atoms with Crippen LogP contribution in [0.4, 0.5) is 0 Å². The van der Waals surface area contributed by atoms with Gasteiger partial charge in [0.2, 0.25) is 10.0 Å². The first kappa shape index (κ1) is 36.4. The first-order valence-corrected chi connectivity index (χ1v) is 13.4. The third-order valence-electron chi connectivity index (χ3n) is 5.70. The Kier molecular flexibility index (Phi) is 18.3. The third kappa shape index (κ3) is 17.6. The van der Waals surface area contributed by atoms with Gasteiger partial charge in [0.15, 0.2) is 0 Å². The summed E-state index contributed by atoms with van der Waals surface area (Å²) in [6.07, 6.45) is -0.327. The molecule has 1 aliphatic heterocycles. The van der Waals surface area contributed by atoms with Gasteiger partial charge in [0.25, 0.3) is 0 Å². The number of hydrogen-bond acceptors (Lipinski definition) is 14. The van der Waals surface area contributed by atoms with E-state index in [2.05, 4.69) is 4.72 Å². The van der Waals surface area contributed by atoms with E-state index in [1.54, 1.807) is 14.7 Å². The molecule has 0 spiro atoms. The van der Waals surface area contributed by atoms with Crippen LogP contribution in [0.1, 0.15) is 6.42 Å². The molecule has 0 aromatic rings. The van der Waals surface area contributed by atoms with E-state index in [-0.39, 0.29) is 112 Å². The van der Waals surface area contributed by atoms with Crippen LogP contribution in [-0.4, -0.2) is 160 Å². The average Bonchev–Trinajstić information content (AvgIpc) is 2.73. The minimum absolute atomic E-state index is 0. The summed E-state index contributed by atoms with van der Waals surface area (Å²) in [6.45, 7) is -0.0473. The second-order valence-electron chi connectivity index (χ2n) is 8.82. The summed E-state index contributed by atoms with van der Waals surface area (Å²) >= 11 is 0. The minimum Gasteiger partial charge on any atom is -0.549 e. The molecule has 0 aliphatic carbocycles. The molecule has 0 aromatic carbocycles. The Morgan fingerprint density at radius 1 is 0.784 bits per heavy atom. The van der Waals surface area contributed by atoms with Gasteiger partial charge in [-0.15, -0.1) is 0 Å². The van der Waals surface area contributed by atoms with Gasteiger partial charge in [0.1, 0.15) is 0 Å². The predicted molar refractivity (Wildman–Crippen MR) is 120 cm³/mol. The van der Waals surface area contributed by atoms with E-state index in [4.69, 9.17) is 0 Å². The van der Waals surface area contributed by atoms with Crippen LogP contribution in [0.5, 0.6) is 0 Å².